The van der Waals surface area contributed by atoms with Gasteiger partial charge in [-0.1, -0.05) is 16.5 Å². The number of hydrogen-bond donors (Lipinski definition) is 1. The van der Waals surface area contributed by atoms with Gasteiger partial charge in [0.1, 0.15) is 5.75 Å². The lowest BCUT2D eigenvalue weighted by atomic mass is 10.3. The summed E-state index contributed by atoms with van der Waals surface area (Å²) in [5, 5.41) is 1.43. The second-order valence-electron chi connectivity index (χ2n) is 3.23. The minimum atomic E-state index is -0.0732. The van der Waals surface area contributed by atoms with Crippen LogP contribution in [-0.4, -0.2) is 19.4 Å². The number of ether oxygens (including phenoxy) is 1. The number of methoxy groups -OCH3 is 1. The Morgan fingerprint density at radius 3 is 2.06 bits per heavy atom. The normalized spacial score (nSPS) is 28.8. The Kier molecular flexibility index (Phi) is 7.29. The predicted molar refractivity (Wildman–Crippen MR) is 97.0 cm³/mol. The summed E-state index contributed by atoms with van der Waals surface area (Å²) in [7, 11) is 8.28. The average molecular weight is 358 g/mol. The fourth-order valence-corrected chi connectivity index (χ4v) is 19.5. The van der Waals surface area contributed by atoms with Gasteiger partial charge >= 0.3 is 0 Å². The molecule has 1 aromatic rings. The summed E-state index contributed by atoms with van der Waals surface area (Å²) in [6, 6.07) is 8.29. The maximum Gasteiger partial charge on any atom is 0.118 e. The zero-order chi connectivity index (χ0) is 12.1. The van der Waals surface area contributed by atoms with Crippen LogP contribution in [0.1, 0.15) is 0 Å². The number of rotatable bonds is 2. The summed E-state index contributed by atoms with van der Waals surface area (Å²) in [5.41, 5.74) is 0. The molecule has 0 N–H and O–H groups in total. The fourth-order valence-electron chi connectivity index (χ4n) is 1.07. The second kappa shape index (κ2) is 8.16. The topological polar surface area (TPSA) is 9.23 Å². The van der Waals surface area contributed by atoms with Crippen molar-refractivity contribution in [2.24, 2.45) is 0 Å². The third-order valence-electron chi connectivity index (χ3n) is 2.12. The number of benzene rings is 1. The number of hydrogen-bond acceptors (Lipinski definition) is 4. The van der Waals surface area contributed by atoms with Gasteiger partial charge in [0.15, 0.2) is 0 Å². The van der Waals surface area contributed by atoms with Crippen LogP contribution in [-0.2, 0) is 0 Å². The van der Waals surface area contributed by atoms with Crippen molar-refractivity contribution >= 4 is 67.7 Å². The Morgan fingerprint density at radius 2 is 1.76 bits per heavy atom. The van der Waals surface area contributed by atoms with Crippen LogP contribution < -0.4 is 10.0 Å². The number of thiol groups is 1. The van der Waals surface area contributed by atoms with E-state index in [1.807, 2.05) is 33.0 Å². The molecule has 0 spiro atoms. The summed E-state index contributed by atoms with van der Waals surface area (Å²) in [5.74, 6) is 0.931. The third-order valence-corrected chi connectivity index (χ3v) is 27.6. The van der Waals surface area contributed by atoms with Crippen molar-refractivity contribution < 1.29 is 4.74 Å². The highest BCUT2D eigenvalue weighted by Gasteiger charge is 2.31. The quantitative estimate of drug-likeness (QED) is 0.423. The van der Waals surface area contributed by atoms with Crippen LogP contribution in [0, 0.1) is 0 Å². The van der Waals surface area contributed by atoms with E-state index < -0.39 is 0 Å². The first kappa shape index (κ1) is 15.2. The molecular formula is C9H14OP4S3. The summed E-state index contributed by atoms with van der Waals surface area (Å²) >= 11 is 4.54. The predicted octanol–water partition coefficient (Wildman–Crippen LogP) is 5.54. The molecule has 4 atom stereocenters. The molecular weight excluding hydrogens is 344 g/mol. The standard InChI is InChI=1S/C7H8OP2S3.C2H6P2/c1-8-6-2-4-7(5-3-6)9-10(11)13-12-9;1-2-4-3-1/h2-5,11H,1H3;3-4H,1-2H2. The van der Waals surface area contributed by atoms with Gasteiger partial charge in [-0.3, -0.25) is 0 Å². The van der Waals surface area contributed by atoms with E-state index in [0.29, 0.717) is 0 Å². The Balaban J connectivity index is 0.000000228. The van der Waals surface area contributed by atoms with Gasteiger partial charge in [-0.15, -0.1) is 12.2 Å². The van der Waals surface area contributed by atoms with Crippen molar-refractivity contribution in [2.75, 3.05) is 19.4 Å². The first-order valence-electron chi connectivity index (χ1n) is 5.05. The first-order chi connectivity index (χ1) is 8.31. The molecule has 4 unspecified atom stereocenters. The van der Waals surface area contributed by atoms with Crippen molar-refractivity contribution in [3.05, 3.63) is 24.3 Å². The lowest BCUT2D eigenvalue weighted by Gasteiger charge is -2.30. The van der Waals surface area contributed by atoms with Crippen LogP contribution in [0.15, 0.2) is 24.3 Å². The van der Waals surface area contributed by atoms with Gasteiger partial charge in [-0.25, -0.2) is 0 Å². The largest absolute Gasteiger partial charge is 0.497 e. The lowest BCUT2D eigenvalue weighted by molar-refractivity contribution is 0.415. The highest BCUT2D eigenvalue weighted by atomic mass is 33.8. The van der Waals surface area contributed by atoms with Crippen LogP contribution >= 0.6 is 62.4 Å². The Morgan fingerprint density at radius 1 is 1.18 bits per heavy atom. The van der Waals surface area contributed by atoms with E-state index in [4.69, 9.17) is 4.74 Å². The molecule has 3 rings (SSSR count). The van der Waals surface area contributed by atoms with Gasteiger partial charge in [-0.2, -0.15) is 0 Å². The molecule has 0 saturated carbocycles. The summed E-state index contributed by atoms with van der Waals surface area (Å²) in [6.45, 7) is -0.0184. The molecule has 8 heteroatoms. The molecule has 0 radical (unpaired) electrons. The Hall–Kier alpha value is 1.79. The molecule has 2 aliphatic heterocycles. The molecule has 94 valence electrons. The fraction of sp³-hybridized carbons (Fsp3) is 0.333. The van der Waals surface area contributed by atoms with E-state index in [1.165, 1.54) is 21.8 Å². The van der Waals surface area contributed by atoms with Gasteiger partial charge in [-0.05, 0) is 62.7 Å². The van der Waals surface area contributed by atoms with Crippen LogP contribution in [0.3, 0.4) is 0 Å². The SMILES string of the molecule is C1CPP1.COc1ccc(P2SSP2S)cc1. The maximum absolute atomic E-state index is 5.11. The van der Waals surface area contributed by atoms with E-state index in [2.05, 4.69) is 24.4 Å². The van der Waals surface area contributed by atoms with Crippen LogP contribution in [0.25, 0.3) is 0 Å². The summed E-state index contributed by atoms with van der Waals surface area (Å²) < 4.78 is 5.11. The molecule has 2 aliphatic rings. The Bertz CT molecular complexity index is 343. The molecule has 2 saturated heterocycles. The van der Waals surface area contributed by atoms with Crippen LogP contribution in [0.2, 0.25) is 0 Å². The monoisotopic (exact) mass is 358 g/mol. The molecule has 0 aliphatic carbocycles. The average Bonchev–Trinajstić information content (AvgIpc) is 2.26. The highest BCUT2D eigenvalue weighted by Crippen LogP contribution is 2.99. The zero-order valence-electron chi connectivity index (χ0n) is 9.29. The van der Waals surface area contributed by atoms with E-state index >= 15 is 0 Å². The van der Waals surface area contributed by atoms with Crippen LogP contribution in [0.4, 0.5) is 0 Å². The van der Waals surface area contributed by atoms with E-state index in [1.54, 1.807) is 19.4 Å². The van der Waals surface area contributed by atoms with Crippen molar-refractivity contribution in [3.63, 3.8) is 0 Å². The summed E-state index contributed by atoms with van der Waals surface area (Å²) in [6.07, 6.45) is 3.08. The van der Waals surface area contributed by atoms with Gasteiger partial charge in [0.05, 0.1) is 13.1 Å². The van der Waals surface area contributed by atoms with Gasteiger partial charge in [0, 0.05) is 6.81 Å². The smallest absolute Gasteiger partial charge is 0.118 e. The van der Waals surface area contributed by atoms with E-state index in [9.17, 15) is 0 Å². The van der Waals surface area contributed by atoms with E-state index in [0.717, 1.165) is 5.75 Å². The molecule has 2 heterocycles. The van der Waals surface area contributed by atoms with Crippen molar-refractivity contribution in [1.82, 2.24) is 0 Å². The Labute approximate surface area is 121 Å². The molecule has 2 fully saturated rings. The van der Waals surface area contributed by atoms with Crippen LogP contribution in [0.5, 0.6) is 5.75 Å². The molecule has 17 heavy (non-hydrogen) atoms. The summed E-state index contributed by atoms with van der Waals surface area (Å²) in [4.78, 5) is 0. The van der Waals surface area contributed by atoms with E-state index in [-0.39, 0.29) is 12.8 Å². The minimum absolute atomic E-state index is 0.0184. The second-order valence-corrected chi connectivity index (χ2v) is 21.7. The molecule has 0 amide bonds. The first-order valence-corrected chi connectivity index (χ1v) is 16.4. The highest BCUT2D eigenvalue weighted by molar-refractivity contribution is 9.46. The third kappa shape index (κ3) is 4.68. The van der Waals surface area contributed by atoms with Crippen molar-refractivity contribution in [2.45, 2.75) is 0 Å². The molecule has 1 aromatic carbocycles. The van der Waals surface area contributed by atoms with Crippen molar-refractivity contribution in [1.29, 1.82) is 0 Å². The van der Waals surface area contributed by atoms with Crippen molar-refractivity contribution in [3.8, 4) is 5.75 Å². The zero-order valence-corrected chi connectivity index (χ0v) is 15.6. The van der Waals surface area contributed by atoms with Gasteiger partial charge in [0.25, 0.3) is 0 Å². The molecule has 0 aromatic heterocycles. The molecule has 0 bridgehead atoms. The van der Waals surface area contributed by atoms with Gasteiger partial charge in [0.2, 0.25) is 0 Å². The lowest BCUT2D eigenvalue weighted by Crippen LogP contribution is -1.97. The minimum Gasteiger partial charge on any atom is -0.497 e. The molecule has 1 nitrogen and oxygen atoms in total. The van der Waals surface area contributed by atoms with Gasteiger partial charge < -0.3 is 4.74 Å². The maximum atomic E-state index is 5.11.